The van der Waals surface area contributed by atoms with Crippen LogP contribution in [0.15, 0.2) is 176 Å². The first-order valence-corrected chi connectivity index (χ1v) is 16.3. The van der Waals surface area contributed by atoms with Gasteiger partial charge in [0.05, 0.1) is 5.69 Å². The Morgan fingerprint density at radius 3 is 1.69 bits per heavy atom. The summed E-state index contributed by atoms with van der Waals surface area (Å²) >= 11 is 0. The molecule has 1 aliphatic carbocycles. The average Bonchev–Trinajstić information content (AvgIpc) is 3.16. The largest absolute Gasteiger partial charge is 0.310 e. The van der Waals surface area contributed by atoms with Gasteiger partial charge in [0.25, 0.3) is 0 Å². The Labute approximate surface area is 282 Å². The Hall–Kier alpha value is -6.06. The van der Waals surface area contributed by atoms with E-state index < -0.39 is 0 Å². The topological polar surface area (TPSA) is 37.4 Å². The number of nitrogens with zero attached hydrogens (tertiary/aromatic N) is 1. The van der Waals surface area contributed by atoms with Gasteiger partial charge in [-0.25, -0.2) is 0 Å². The van der Waals surface area contributed by atoms with Gasteiger partial charge in [0.1, 0.15) is 0 Å². The number of para-hydroxylation sites is 2. The molecule has 0 amide bonds. The molecular weight excluding hydrogens is 587 g/mol. The van der Waals surface area contributed by atoms with E-state index in [4.69, 9.17) is 0 Å². The van der Waals surface area contributed by atoms with E-state index in [2.05, 4.69) is 84.6 Å². The quantitative estimate of drug-likeness (QED) is 0.151. The molecule has 3 nitrogen and oxygen atoms in total. The summed E-state index contributed by atoms with van der Waals surface area (Å²) in [5.74, 6) is -0.245. The molecule has 232 valence electrons. The van der Waals surface area contributed by atoms with Crippen molar-refractivity contribution in [2.24, 2.45) is 0 Å². The Balaban J connectivity index is 1.20. The standard InChI is InChI=1S/C45H35NO2/c1-32-15-8-9-26-41(32)33-16-12-18-35(29-33)44(47)37-20-14-21-38(31-37)45(48)36-19-13-17-34(30-36)42-27-10-11-28-43(42)46(39-22-4-2-5-23-39)40-24-6-3-7-25-40/h2,4-6,8-31H,3,7H2,1H3. The number of allylic oxidation sites excluding steroid dienone is 3. The number of hydrogen-bond acceptors (Lipinski definition) is 3. The molecule has 0 atom stereocenters. The molecule has 6 aromatic rings. The number of carbonyl (C=O) groups is 2. The normalized spacial score (nSPS) is 12.3. The van der Waals surface area contributed by atoms with Crippen LogP contribution in [0, 0.1) is 6.92 Å². The minimum absolute atomic E-state index is 0.116. The molecule has 0 aromatic heterocycles. The maximum absolute atomic E-state index is 14.0. The van der Waals surface area contributed by atoms with E-state index in [0.717, 1.165) is 57.7 Å². The summed E-state index contributed by atoms with van der Waals surface area (Å²) in [7, 11) is 0. The third-order valence-corrected chi connectivity index (χ3v) is 8.80. The zero-order chi connectivity index (χ0) is 32.9. The van der Waals surface area contributed by atoms with Gasteiger partial charge in [-0.2, -0.15) is 0 Å². The number of hydrogen-bond donors (Lipinski definition) is 0. The van der Waals surface area contributed by atoms with Crippen molar-refractivity contribution in [2.75, 3.05) is 4.90 Å². The molecule has 0 unspecified atom stereocenters. The zero-order valence-electron chi connectivity index (χ0n) is 26.8. The van der Waals surface area contributed by atoms with Gasteiger partial charge in [0.2, 0.25) is 0 Å². The maximum atomic E-state index is 14.0. The summed E-state index contributed by atoms with van der Waals surface area (Å²) in [6, 6.07) is 49.3. The van der Waals surface area contributed by atoms with E-state index >= 15 is 0 Å². The van der Waals surface area contributed by atoms with Crippen LogP contribution >= 0.6 is 0 Å². The van der Waals surface area contributed by atoms with Gasteiger partial charge in [0.15, 0.2) is 11.6 Å². The lowest BCUT2D eigenvalue weighted by atomic mass is 9.93. The molecule has 48 heavy (non-hydrogen) atoms. The van der Waals surface area contributed by atoms with Gasteiger partial charge in [-0.15, -0.1) is 0 Å². The van der Waals surface area contributed by atoms with Crippen molar-refractivity contribution in [2.45, 2.75) is 19.8 Å². The lowest BCUT2D eigenvalue weighted by Gasteiger charge is -2.29. The minimum atomic E-state index is -0.129. The van der Waals surface area contributed by atoms with Gasteiger partial charge in [-0.3, -0.25) is 9.59 Å². The highest BCUT2D eigenvalue weighted by Gasteiger charge is 2.20. The van der Waals surface area contributed by atoms with Crippen LogP contribution in [0.25, 0.3) is 22.3 Å². The highest BCUT2D eigenvalue weighted by atomic mass is 16.1. The Morgan fingerprint density at radius 2 is 1.06 bits per heavy atom. The summed E-state index contributed by atoms with van der Waals surface area (Å²) in [6.45, 7) is 2.07. The minimum Gasteiger partial charge on any atom is -0.310 e. The van der Waals surface area contributed by atoms with E-state index in [1.54, 1.807) is 24.3 Å². The highest BCUT2D eigenvalue weighted by Crippen LogP contribution is 2.39. The number of ketones is 2. The number of carbonyl (C=O) groups excluding carboxylic acids is 2. The second-order valence-corrected chi connectivity index (χ2v) is 12.0. The molecular formula is C45H35NO2. The summed E-state index contributed by atoms with van der Waals surface area (Å²) in [5, 5.41) is 0. The van der Waals surface area contributed by atoms with Crippen LogP contribution in [0.4, 0.5) is 11.4 Å². The molecule has 0 aliphatic heterocycles. The van der Waals surface area contributed by atoms with Crippen LogP contribution in [0.1, 0.15) is 50.2 Å². The molecule has 3 heteroatoms. The third kappa shape index (κ3) is 6.31. The zero-order valence-corrected chi connectivity index (χ0v) is 26.8. The SMILES string of the molecule is Cc1ccccc1-c1cccc(C(=O)c2cccc(C(=O)c3cccc(-c4ccccc4N(C4=CCCC=C4)c4ccccc4)c3)c2)c1. The lowest BCUT2D eigenvalue weighted by Crippen LogP contribution is -2.17. The summed E-state index contributed by atoms with van der Waals surface area (Å²) in [4.78, 5) is 29.9. The van der Waals surface area contributed by atoms with Crippen LogP contribution in [0.3, 0.4) is 0 Å². The molecule has 6 aromatic carbocycles. The molecule has 0 saturated heterocycles. The predicted octanol–water partition coefficient (Wildman–Crippen LogP) is 11.2. The predicted molar refractivity (Wildman–Crippen MR) is 197 cm³/mol. The highest BCUT2D eigenvalue weighted by molar-refractivity contribution is 6.13. The molecule has 0 spiro atoms. The van der Waals surface area contributed by atoms with Crippen molar-refractivity contribution in [1.29, 1.82) is 0 Å². The monoisotopic (exact) mass is 621 g/mol. The summed E-state index contributed by atoms with van der Waals surface area (Å²) in [6.07, 6.45) is 8.69. The molecule has 7 rings (SSSR count). The van der Waals surface area contributed by atoms with E-state index in [9.17, 15) is 9.59 Å². The summed E-state index contributed by atoms with van der Waals surface area (Å²) in [5.41, 5.74) is 10.5. The molecule has 0 bridgehead atoms. The smallest absolute Gasteiger partial charge is 0.193 e. The number of rotatable bonds is 9. The van der Waals surface area contributed by atoms with Crippen molar-refractivity contribution in [3.8, 4) is 22.3 Å². The number of benzene rings is 6. The van der Waals surface area contributed by atoms with E-state index in [1.807, 2.05) is 72.8 Å². The van der Waals surface area contributed by atoms with Crippen molar-refractivity contribution in [3.05, 3.63) is 203 Å². The van der Waals surface area contributed by atoms with Crippen LogP contribution in [0.5, 0.6) is 0 Å². The van der Waals surface area contributed by atoms with Crippen LogP contribution < -0.4 is 4.90 Å². The molecule has 0 N–H and O–H groups in total. The fraction of sp³-hybridized carbons (Fsp3) is 0.0667. The maximum Gasteiger partial charge on any atom is 0.193 e. The molecule has 0 radical (unpaired) electrons. The third-order valence-electron chi connectivity index (χ3n) is 8.80. The van der Waals surface area contributed by atoms with Crippen molar-refractivity contribution >= 4 is 22.9 Å². The first-order valence-electron chi connectivity index (χ1n) is 16.3. The van der Waals surface area contributed by atoms with E-state index in [0.29, 0.717) is 22.3 Å². The van der Waals surface area contributed by atoms with Gasteiger partial charge in [-0.05, 0) is 84.5 Å². The van der Waals surface area contributed by atoms with Gasteiger partial charge >= 0.3 is 0 Å². The summed E-state index contributed by atoms with van der Waals surface area (Å²) < 4.78 is 0. The second-order valence-electron chi connectivity index (χ2n) is 12.0. The first kappa shape index (κ1) is 30.6. The van der Waals surface area contributed by atoms with Crippen molar-refractivity contribution in [3.63, 3.8) is 0 Å². The van der Waals surface area contributed by atoms with Gasteiger partial charge in [0, 0.05) is 39.2 Å². The molecule has 0 saturated carbocycles. The fourth-order valence-corrected chi connectivity index (χ4v) is 6.37. The number of anilines is 2. The Morgan fingerprint density at radius 1 is 0.521 bits per heavy atom. The van der Waals surface area contributed by atoms with Crippen LogP contribution in [0.2, 0.25) is 0 Å². The Kier molecular flexibility index (Phi) is 8.76. The average molecular weight is 622 g/mol. The molecule has 0 heterocycles. The van der Waals surface area contributed by atoms with E-state index in [-0.39, 0.29) is 11.6 Å². The first-order chi connectivity index (χ1) is 23.6. The van der Waals surface area contributed by atoms with Crippen molar-refractivity contribution < 1.29 is 9.59 Å². The number of aryl methyl sites for hydroxylation is 1. The fourth-order valence-electron chi connectivity index (χ4n) is 6.37. The van der Waals surface area contributed by atoms with Crippen LogP contribution in [-0.2, 0) is 0 Å². The van der Waals surface area contributed by atoms with Gasteiger partial charge < -0.3 is 4.90 Å². The van der Waals surface area contributed by atoms with E-state index in [1.165, 1.54) is 0 Å². The second kappa shape index (κ2) is 13.7. The van der Waals surface area contributed by atoms with Crippen molar-refractivity contribution in [1.82, 2.24) is 0 Å². The molecule has 0 fully saturated rings. The van der Waals surface area contributed by atoms with Gasteiger partial charge in [-0.1, -0.05) is 127 Å². The lowest BCUT2D eigenvalue weighted by molar-refractivity contribution is 0.103. The Bertz CT molecular complexity index is 2190. The van der Waals surface area contributed by atoms with Crippen LogP contribution in [-0.4, -0.2) is 11.6 Å². The molecule has 1 aliphatic rings.